The molecular weight excluding hydrogens is 376 g/mol. The SMILES string of the molecule is CCNC(=O)NC(=O)[C@@H](Sc1nnnn1-c1ccc(C)cc1)c1ccccc1. The third-order valence-corrected chi connectivity index (χ3v) is 5.04. The summed E-state index contributed by atoms with van der Waals surface area (Å²) in [6.07, 6.45) is 0. The zero-order valence-electron chi connectivity index (χ0n) is 15.5. The molecule has 3 rings (SSSR count). The number of thioether (sulfide) groups is 1. The molecule has 3 amide bonds. The normalized spacial score (nSPS) is 11.6. The highest BCUT2D eigenvalue weighted by atomic mass is 32.2. The lowest BCUT2D eigenvalue weighted by Crippen LogP contribution is -2.41. The van der Waals surface area contributed by atoms with E-state index in [0.29, 0.717) is 11.7 Å². The monoisotopic (exact) mass is 396 g/mol. The van der Waals surface area contributed by atoms with Crippen LogP contribution < -0.4 is 10.6 Å². The number of rotatable bonds is 6. The number of hydrogen-bond donors (Lipinski definition) is 2. The molecule has 1 aromatic heterocycles. The molecule has 0 aliphatic heterocycles. The van der Waals surface area contributed by atoms with Gasteiger partial charge in [0.15, 0.2) is 0 Å². The molecule has 0 aliphatic carbocycles. The molecule has 3 aromatic rings. The number of tetrazole rings is 1. The zero-order chi connectivity index (χ0) is 19.9. The fourth-order valence-corrected chi connectivity index (χ4v) is 3.48. The molecule has 0 unspecified atom stereocenters. The van der Waals surface area contributed by atoms with Crippen molar-refractivity contribution in [2.75, 3.05) is 6.54 Å². The second kappa shape index (κ2) is 9.14. The summed E-state index contributed by atoms with van der Waals surface area (Å²) in [6.45, 7) is 4.20. The summed E-state index contributed by atoms with van der Waals surface area (Å²) in [4.78, 5) is 24.6. The van der Waals surface area contributed by atoms with Crippen LogP contribution in [0.25, 0.3) is 5.69 Å². The molecule has 144 valence electrons. The van der Waals surface area contributed by atoms with Gasteiger partial charge in [-0.2, -0.15) is 4.68 Å². The molecule has 0 fully saturated rings. The quantitative estimate of drug-likeness (QED) is 0.621. The minimum Gasteiger partial charge on any atom is -0.338 e. The van der Waals surface area contributed by atoms with E-state index in [4.69, 9.17) is 0 Å². The van der Waals surface area contributed by atoms with Crippen LogP contribution in [0.15, 0.2) is 59.8 Å². The van der Waals surface area contributed by atoms with E-state index in [1.807, 2.05) is 61.5 Å². The summed E-state index contributed by atoms with van der Waals surface area (Å²) in [6, 6.07) is 16.4. The van der Waals surface area contributed by atoms with E-state index in [0.717, 1.165) is 16.8 Å². The molecule has 1 heterocycles. The van der Waals surface area contributed by atoms with Gasteiger partial charge in [-0.25, -0.2) is 4.79 Å². The van der Waals surface area contributed by atoms with Crippen LogP contribution in [0.5, 0.6) is 0 Å². The third kappa shape index (κ3) is 4.74. The topological polar surface area (TPSA) is 102 Å². The van der Waals surface area contributed by atoms with Gasteiger partial charge in [-0.1, -0.05) is 59.8 Å². The summed E-state index contributed by atoms with van der Waals surface area (Å²) in [5.74, 6) is -0.444. The number of carbonyl (C=O) groups excluding carboxylic acids is 2. The highest BCUT2D eigenvalue weighted by Gasteiger charge is 2.26. The van der Waals surface area contributed by atoms with Gasteiger partial charge in [0.05, 0.1) is 5.69 Å². The largest absolute Gasteiger partial charge is 0.338 e. The number of amides is 3. The van der Waals surface area contributed by atoms with Crippen molar-refractivity contribution in [3.05, 3.63) is 65.7 Å². The van der Waals surface area contributed by atoms with Gasteiger partial charge in [0.1, 0.15) is 5.25 Å². The van der Waals surface area contributed by atoms with Gasteiger partial charge in [-0.05, 0) is 42.0 Å². The van der Waals surface area contributed by atoms with Gasteiger partial charge in [-0.15, -0.1) is 5.10 Å². The first-order chi connectivity index (χ1) is 13.6. The Morgan fingerprint density at radius 2 is 1.82 bits per heavy atom. The van der Waals surface area contributed by atoms with Crippen LogP contribution in [0, 0.1) is 6.92 Å². The minimum atomic E-state index is -0.695. The smallest absolute Gasteiger partial charge is 0.321 e. The minimum absolute atomic E-state index is 0.425. The van der Waals surface area contributed by atoms with E-state index in [1.54, 1.807) is 11.6 Å². The maximum absolute atomic E-state index is 12.8. The molecule has 9 heteroatoms. The van der Waals surface area contributed by atoms with E-state index < -0.39 is 17.2 Å². The highest BCUT2D eigenvalue weighted by molar-refractivity contribution is 8.00. The Hall–Kier alpha value is -3.20. The Morgan fingerprint density at radius 3 is 2.50 bits per heavy atom. The molecule has 0 radical (unpaired) electrons. The molecule has 2 N–H and O–H groups in total. The Kier molecular flexibility index (Phi) is 6.38. The Bertz CT molecular complexity index is 943. The van der Waals surface area contributed by atoms with Gasteiger partial charge in [0.25, 0.3) is 0 Å². The van der Waals surface area contributed by atoms with Crippen molar-refractivity contribution >= 4 is 23.7 Å². The van der Waals surface area contributed by atoms with Crippen molar-refractivity contribution in [1.82, 2.24) is 30.8 Å². The second-order valence-electron chi connectivity index (χ2n) is 5.97. The number of imide groups is 1. The van der Waals surface area contributed by atoms with E-state index in [1.165, 1.54) is 11.8 Å². The molecule has 8 nitrogen and oxygen atoms in total. The second-order valence-corrected chi connectivity index (χ2v) is 7.04. The maximum atomic E-state index is 12.8. The number of nitrogens with one attached hydrogen (secondary N) is 2. The van der Waals surface area contributed by atoms with Gasteiger partial charge < -0.3 is 5.32 Å². The van der Waals surface area contributed by atoms with Crippen LogP contribution >= 0.6 is 11.8 Å². The molecule has 0 bridgehead atoms. The average molecular weight is 396 g/mol. The number of nitrogens with zero attached hydrogens (tertiary/aromatic N) is 4. The molecule has 1 atom stereocenters. The summed E-state index contributed by atoms with van der Waals surface area (Å²) in [5, 5.41) is 16.5. The van der Waals surface area contributed by atoms with Crippen molar-refractivity contribution < 1.29 is 9.59 Å². The first kappa shape index (κ1) is 19.6. The maximum Gasteiger partial charge on any atom is 0.321 e. The molecule has 0 saturated carbocycles. The van der Waals surface area contributed by atoms with Crippen molar-refractivity contribution in [3.8, 4) is 5.69 Å². The van der Waals surface area contributed by atoms with Gasteiger partial charge in [-0.3, -0.25) is 10.1 Å². The lowest BCUT2D eigenvalue weighted by molar-refractivity contribution is -0.119. The van der Waals surface area contributed by atoms with Crippen LogP contribution in [-0.4, -0.2) is 38.7 Å². The van der Waals surface area contributed by atoms with Crippen LogP contribution in [0.4, 0.5) is 4.79 Å². The number of benzene rings is 2. The molecule has 0 spiro atoms. The number of hydrogen-bond acceptors (Lipinski definition) is 6. The van der Waals surface area contributed by atoms with Crippen LogP contribution in [0.1, 0.15) is 23.3 Å². The highest BCUT2D eigenvalue weighted by Crippen LogP contribution is 2.34. The van der Waals surface area contributed by atoms with Crippen LogP contribution in [0.3, 0.4) is 0 Å². The fraction of sp³-hybridized carbons (Fsp3) is 0.211. The van der Waals surface area contributed by atoms with E-state index in [-0.39, 0.29) is 0 Å². The van der Waals surface area contributed by atoms with Gasteiger partial charge in [0.2, 0.25) is 11.1 Å². The van der Waals surface area contributed by atoms with Crippen LogP contribution in [0.2, 0.25) is 0 Å². The summed E-state index contributed by atoms with van der Waals surface area (Å²) in [5.41, 5.74) is 2.65. The predicted molar refractivity (Wildman–Crippen MR) is 106 cm³/mol. The lowest BCUT2D eigenvalue weighted by Gasteiger charge is -2.16. The average Bonchev–Trinajstić information content (AvgIpc) is 3.15. The van der Waals surface area contributed by atoms with Crippen molar-refractivity contribution in [3.63, 3.8) is 0 Å². The number of urea groups is 1. The fourth-order valence-electron chi connectivity index (χ4n) is 2.49. The standard InChI is InChI=1S/C19H20N6O2S/c1-3-20-18(27)21-17(26)16(14-7-5-4-6-8-14)28-19-22-23-24-25(19)15-11-9-13(2)10-12-15/h4-12,16H,3H2,1-2H3,(H2,20,21,26,27)/t16-/m0/s1. The number of aromatic nitrogens is 4. The Balaban J connectivity index is 1.88. The number of aryl methyl sites for hydroxylation is 1. The molecule has 0 aliphatic rings. The van der Waals surface area contributed by atoms with Gasteiger partial charge in [0, 0.05) is 6.54 Å². The first-order valence-corrected chi connectivity index (χ1v) is 9.62. The van der Waals surface area contributed by atoms with E-state index >= 15 is 0 Å². The molecule has 2 aromatic carbocycles. The lowest BCUT2D eigenvalue weighted by atomic mass is 10.1. The van der Waals surface area contributed by atoms with Crippen LogP contribution in [-0.2, 0) is 4.79 Å². The first-order valence-electron chi connectivity index (χ1n) is 8.74. The van der Waals surface area contributed by atoms with E-state index in [9.17, 15) is 9.59 Å². The van der Waals surface area contributed by atoms with E-state index in [2.05, 4.69) is 26.2 Å². The Labute approximate surface area is 166 Å². The summed E-state index contributed by atoms with van der Waals surface area (Å²) < 4.78 is 1.57. The van der Waals surface area contributed by atoms with Crippen molar-refractivity contribution in [2.24, 2.45) is 0 Å². The molecular formula is C19H20N6O2S. The third-order valence-electron chi connectivity index (χ3n) is 3.86. The molecule has 28 heavy (non-hydrogen) atoms. The van der Waals surface area contributed by atoms with Gasteiger partial charge >= 0.3 is 6.03 Å². The van der Waals surface area contributed by atoms with Crippen molar-refractivity contribution in [2.45, 2.75) is 24.3 Å². The molecule has 0 saturated heterocycles. The predicted octanol–water partition coefficient (Wildman–Crippen LogP) is 2.65. The van der Waals surface area contributed by atoms with Crippen molar-refractivity contribution in [1.29, 1.82) is 0 Å². The summed E-state index contributed by atoms with van der Waals surface area (Å²) >= 11 is 1.18. The zero-order valence-corrected chi connectivity index (χ0v) is 16.3. The Morgan fingerprint density at radius 1 is 1.11 bits per heavy atom. The number of carbonyl (C=O) groups is 2. The summed E-state index contributed by atoms with van der Waals surface area (Å²) in [7, 11) is 0.